The average molecular weight is 448 g/mol. The van der Waals surface area contributed by atoms with Crippen LogP contribution in [0, 0.1) is 18.3 Å². The molecule has 174 valence electrons. The van der Waals surface area contributed by atoms with E-state index < -0.39 is 0 Å². The number of piperidine rings is 1. The van der Waals surface area contributed by atoms with Gasteiger partial charge in [0.2, 0.25) is 0 Å². The number of carbonyl (C=O) groups is 2. The molecule has 1 N–H and O–H groups in total. The van der Waals surface area contributed by atoms with E-state index in [1.165, 1.54) is 5.56 Å². The lowest BCUT2D eigenvalue weighted by atomic mass is 9.89. The van der Waals surface area contributed by atoms with Crippen LogP contribution in [-0.2, 0) is 0 Å². The highest BCUT2D eigenvalue weighted by molar-refractivity contribution is 5.97. The largest absolute Gasteiger partial charge is 0.339 e. The van der Waals surface area contributed by atoms with Gasteiger partial charge in [-0.25, -0.2) is 4.79 Å². The number of urea groups is 1. The number of rotatable bonds is 6. The number of benzene rings is 2. The van der Waals surface area contributed by atoms with Crippen molar-refractivity contribution >= 4 is 17.6 Å². The minimum Gasteiger partial charge on any atom is -0.339 e. The Morgan fingerprint density at radius 1 is 1.06 bits per heavy atom. The number of anilines is 1. The number of aryl methyl sites for hydroxylation is 1. The number of hydrogen-bond donors (Lipinski definition) is 1. The van der Waals surface area contributed by atoms with Crippen molar-refractivity contribution in [2.75, 3.05) is 52.6 Å². The van der Waals surface area contributed by atoms with E-state index in [1.807, 2.05) is 67.2 Å². The molecule has 0 aromatic heterocycles. The molecule has 1 fully saturated rings. The first-order valence-electron chi connectivity index (χ1n) is 11.4. The van der Waals surface area contributed by atoms with Crippen molar-refractivity contribution in [1.82, 2.24) is 14.7 Å². The zero-order valence-corrected chi connectivity index (χ0v) is 20.0. The van der Waals surface area contributed by atoms with Gasteiger partial charge in [0.05, 0.1) is 11.6 Å². The van der Waals surface area contributed by atoms with Crippen molar-refractivity contribution in [2.24, 2.45) is 0 Å². The molecule has 33 heavy (non-hydrogen) atoms. The van der Waals surface area contributed by atoms with Gasteiger partial charge in [-0.15, -0.1) is 0 Å². The fourth-order valence-corrected chi connectivity index (χ4v) is 3.98. The second-order valence-corrected chi connectivity index (χ2v) is 8.98. The topological polar surface area (TPSA) is 79.7 Å². The molecule has 0 atom stereocenters. The van der Waals surface area contributed by atoms with Crippen molar-refractivity contribution in [1.29, 1.82) is 5.26 Å². The van der Waals surface area contributed by atoms with E-state index in [0.29, 0.717) is 42.4 Å². The fraction of sp³-hybridized carbons (Fsp3) is 0.423. The molecule has 1 heterocycles. The molecule has 1 aliphatic heterocycles. The van der Waals surface area contributed by atoms with Crippen LogP contribution >= 0.6 is 0 Å². The highest BCUT2D eigenvalue weighted by Crippen LogP contribution is 2.29. The normalized spacial score (nSPS) is 14.1. The molecule has 2 aromatic carbocycles. The lowest BCUT2D eigenvalue weighted by Crippen LogP contribution is -2.38. The molecule has 1 aliphatic rings. The second-order valence-electron chi connectivity index (χ2n) is 8.98. The molecule has 0 unspecified atom stereocenters. The minimum atomic E-state index is -0.187. The van der Waals surface area contributed by atoms with Gasteiger partial charge < -0.3 is 20.0 Å². The molecule has 3 rings (SSSR count). The first kappa shape index (κ1) is 24.3. The summed E-state index contributed by atoms with van der Waals surface area (Å²) in [5.41, 5.74) is 4.05. The lowest BCUT2D eigenvalue weighted by Gasteiger charge is -2.32. The van der Waals surface area contributed by atoms with Gasteiger partial charge in [0, 0.05) is 44.5 Å². The van der Waals surface area contributed by atoms with Crippen molar-refractivity contribution < 1.29 is 9.59 Å². The van der Waals surface area contributed by atoms with E-state index in [-0.39, 0.29) is 11.9 Å². The summed E-state index contributed by atoms with van der Waals surface area (Å²) >= 11 is 0. The summed E-state index contributed by atoms with van der Waals surface area (Å²) in [6.07, 6.45) is 1.79. The highest BCUT2D eigenvalue weighted by atomic mass is 16.2. The molecular weight excluding hydrogens is 414 g/mol. The maximum Gasteiger partial charge on any atom is 0.321 e. The lowest BCUT2D eigenvalue weighted by molar-refractivity contribution is 0.0713. The van der Waals surface area contributed by atoms with Crippen molar-refractivity contribution in [2.45, 2.75) is 25.7 Å². The summed E-state index contributed by atoms with van der Waals surface area (Å²) < 4.78 is 0. The van der Waals surface area contributed by atoms with Crippen LogP contribution < -0.4 is 5.32 Å². The third-order valence-corrected chi connectivity index (χ3v) is 6.25. The van der Waals surface area contributed by atoms with Gasteiger partial charge in [-0.05, 0) is 75.2 Å². The molecule has 7 heteroatoms. The van der Waals surface area contributed by atoms with Crippen LogP contribution in [0.5, 0.6) is 0 Å². The zero-order valence-electron chi connectivity index (χ0n) is 20.0. The standard InChI is InChI=1S/C26H33N5O2/c1-19-5-8-23(17-24(19)28-26(33)30(4)16-15-29(2)3)25(32)31-13-11-22(12-14-31)21-9-6-20(18-27)7-10-21/h5-10,17,22H,11-16H2,1-4H3,(H,28,33). The summed E-state index contributed by atoms with van der Waals surface area (Å²) in [6, 6.07) is 15.2. The van der Waals surface area contributed by atoms with Crippen LogP contribution in [0.1, 0.15) is 45.8 Å². The summed E-state index contributed by atoms with van der Waals surface area (Å²) in [5.74, 6) is 0.386. The third-order valence-electron chi connectivity index (χ3n) is 6.25. The Bertz CT molecular complexity index is 1020. The van der Waals surface area contributed by atoms with E-state index in [1.54, 1.807) is 18.0 Å². The van der Waals surface area contributed by atoms with Gasteiger partial charge >= 0.3 is 6.03 Å². The van der Waals surface area contributed by atoms with E-state index >= 15 is 0 Å². The first-order valence-corrected chi connectivity index (χ1v) is 11.4. The number of carbonyl (C=O) groups excluding carboxylic acids is 2. The molecule has 0 radical (unpaired) electrons. The van der Waals surface area contributed by atoms with Crippen molar-refractivity contribution in [3.8, 4) is 6.07 Å². The highest BCUT2D eigenvalue weighted by Gasteiger charge is 2.25. The second kappa shape index (κ2) is 11.0. The Hall–Kier alpha value is -3.37. The number of nitriles is 1. The van der Waals surface area contributed by atoms with Gasteiger partial charge in [-0.3, -0.25) is 4.79 Å². The van der Waals surface area contributed by atoms with Crippen LogP contribution in [0.3, 0.4) is 0 Å². The van der Waals surface area contributed by atoms with Crippen LogP contribution in [-0.4, -0.2) is 74.0 Å². The van der Waals surface area contributed by atoms with Gasteiger partial charge in [0.15, 0.2) is 0 Å². The predicted octanol–water partition coefficient (Wildman–Crippen LogP) is 3.91. The predicted molar refractivity (Wildman–Crippen MR) is 130 cm³/mol. The van der Waals surface area contributed by atoms with E-state index in [2.05, 4.69) is 11.4 Å². The summed E-state index contributed by atoms with van der Waals surface area (Å²) in [7, 11) is 5.71. The van der Waals surface area contributed by atoms with E-state index in [9.17, 15) is 9.59 Å². The molecule has 2 aromatic rings. The van der Waals surface area contributed by atoms with Crippen LogP contribution in [0.2, 0.25) is 0 Å². The maximum absolute atomic E-state index is 13.1. The zero-order chi connectivity index (χ0) is 24.0. The molecule has 0 saturated carbocycles. The van der Waals surface area contributed by atoms with Crippen LogP contribution in [0.15, 0.2) is 42.5 Å². The molecule has 0 aliphatic carbocycles. The van der Waals surface area contributed by atoms with E-state index in [4.69, 9.17) is 5.26 Å². The summed E-state index contributed by atoms with van der Waals surface area (Å²) in [5, 5.41) is 11.9. The Morgan fingerprint density at radius 3 is 2.33 bits per heavy atom. The average Bonchev–Trinajstić information content (AvgIpc) is 2.83. The van der Waals surface area contributed by atoms with Gasteiger partial charge in [0.25, 0.3) is 5.91 Å². The molecule has 7 nitrogen and oxygen atoms in total. The number of likely N-dealkylation sites (tertiary alicyclic amines) is 1. The number of amides is 3. The van der Waals surface area contributed by atoms with Crippen molar-refractivity contribution in [3.63, 3.8) is 0 Å². The fourth-order valence-electron chi connectivity index (χ4n) is 3.98. The number of likely N-dealkylation sites (N-methyl/N-ethyl adjacent to an activating group) is 2. The number of nitrogens with one attached hydrogen (secondary N) is 1. The van der Waals surface area contributed by atoms with Gasteiger partial charge in [-0.2, -0.15) is 5.26 Å². The maximum atomic E-state index is 13.1. The minimum absolute atomic E-state index is 0.00950. The van der Waals surface area contributed by atoms with Gasteiger partial charge in [-0.1, -0.05) is 18.2 Å². The van der Waals surface area contributed by atoms with Gasteiger partial charge in [0.1, 0.15) is 0 Å². The Labute approximate surface area is 196 Å². The SMILES string of the molecule is Cc1ccc(C(=O)N2CCC(c3ccc(C#N)cc3)CC2)cc1NC(=O)N(C)CCN(C)C. The third kappa shape index (κ3) is 6.33. The molecular formula is C26H33N5O2. The quantitative estimate of drug-likeness (QED) is 0.728. The molecule has 0 bridgehead atoms. The Morgan fingerprint density at radius 2 is 1.73 bits per heavy atom. The molecule has 3 amide bonds. The van der Waals surface area contributed by atoms with Crippen LogP contribution in [0.4, 0.5) is 10.5 Å². The van der Waals surface area contributed by atoms with Crippen molar-refractivity contribution in [3.05, 3.63) is 64.7 Å². The monoisotopic (exact) mass is 447 g/mol. The number of hydrogen-bond acceptors (Lipinski definition) is 4. The summed E-state index contributed by atoms with van der Waals surface area (Å²) in [6.45, 7) is 4.69. The molecule has 1 saturated heterocycles. The smallest absolute Gasteiger partial charge is 0.321 e. The van der Waals surface area contributed by atoms with Crippen LogP contribution in [0.25, 0.3) is 0 Å². The van der Waals surface area contributed by atoms with E-state index in [0.717, 1.165) is 24.9 Å². The first-order chi connectivity index (χ1) is 15.8. The summed E-state index contributed by atoms with van der Waals surface area (Å²) in [4.78, 5) is 31.3. The number of nitrogens with zero attached hydrogens (tertiary/aromatic N) is 4. The Balaban J connectivity index is 1.61. The Kier molecular flexibility index (Phi) is 8.07. The molecule has 0 spiro atoms.